The van der Waals surface area contributed by atoms with Crippen LogP contribution < -0.4 is 11.0 Å². The van der Waals surface area contributed by atoms with Crippen molar-refractivity contribution in [2.24, 2.45) is 0 Å². The molecule has 0 aliphatic rings. The fourth-order valence-corrected chi connectivity index (χ4v) is 2.45. The lowest BCUT2D eigenvalue weighted by molar-refractivity contribution is 0.101. The maximum atomic E-state index is 12.7. The Kier molecular flexibility index (Phi) is 3.05. The lowest BCUT2D eigenvalue weighted by atomic mass is 10.2. The van der Waals surface area contributed by atoms with E-state index in [2.05, 4.69) is 25.5 Å². The van der Waals surface area contributed by atoms with Gasteiger partial charge in [-0.1, -0.05) is 0 Å². The minimum atomic E-state index is -0.406. The van der Waals surface area contributed by atoms with Crippen molar-refractivity contribution in [3.8, 4) is 0 Å². The largest absolute Gasteiger partial charge is 0.280 e. The number of nitrogens with zero attached hydrogens (tertiary/aromatic N) is 6. The first-order valence-electron chi connectivity index (χ1n) is 7.07. The molecule has 0 aromatic carbocycles. The summed E-state index contributed by atoms with van der Waals surface area (Å²) in [6.45, 7) is 1.72. The van der Waals surface area contributed by atoms with Gasteiger partial charge in [-0.15, -0.1) is 0 Å². The van der Waals surface area contributed by atoms with Crippen LogP contribution in [-0.4, -0.2) is 35.1 Å². The Hall–Kier alpha value is -3.62. The zero-order chi connectivity index (χ0) is 16.7. The Bertz CT molecular complexity index is 1130. The van der Waals surface area contributed by atoms with Crippen LogP contribution in [-0.2, 0) is 0 Å². The minimum Gasteiger partial charge on any atom is -0.267 e. The van der Waals surface area contributed by atoms with E-state index in [0.717, 1.165) is 0 Å². The van der Waals surface area contributed by atoms with Crippen molar-refractivity contribution in [2.75, 3.05) is 5.43 Å². The summed E-state index contributed by atoms with van der Waals surface area (Å²) in [5, 5.41) is 4.40. The van der Waals surface area contributed by atoms with Crippen molar-refractivity contribution in [2.45, 2.75) is 6.92 Å². The van der Waals surface area contributed by atoms with Gasteiger partial charge in [0, 0.05) is 29.8 Å². The number of pyridine rings is 2. The Morgan fingerprint density at radius 3 is 2.79 bits per heavy atom. The first-order valence-corrected chi connectivity index (χ1v) is 7.07. The molecule has 0 radical (unpaired) electrons. The number of carbonyl (C=O) groups is 1. The van der Waals surface area contributed by atoms with Gasteiger partial charge in [-0.05, 0) is 25.1 Å². The molecule has 0 aliphatic carbocycles. The Labute approximate surface area is 134 Å². The highest BCUT2D eigenvalue weighted by Crippen LogP contribution is 2.11. The van der Waals surface area contributed by atoms with E-state index in [9.17, 15) is 9.59 Å². The monoisotopic (exact) mass is 321 g/mol. The van der Waals surface area contributed by atoms with Crippen LogP contribution in [0.3, 0.4) is 0 Å². The molecule has 0 bridgehead atoms. The van der Waals surface area contributed by atoms with Gasteiger partial charge in [0.25, 0.3) is 17.2 Å². The number of hydrogen-bond donors (Lipinski definition) is 1. The van der Waals surface area contributed by atoms with Crippen molar-refractivity contribution in [1.29, 1.82) is 0 Å². The zero-order valence-electron chi connectivity index (χ0n) is 12.5. The highest BCUT2D eigenvalue weighted by Gasteiger charge is 2.13. The molecule has 118 valence electrons. The molecule has 0 aliphatic heterocycles. The van der Waals surface area contributed by atoms with Crippen molar-refractivity contribution < 1.29 is 4.79 Å². The van der Waals surface area contributed by atoms with Gasteiger partial charge in [0.2, 0.25) is 0 Å². The highest BCUT2D eigenvalue weighted by molar-refractivity contribution is 6.00. The van der Waals surface area contributed by atoms with Crippen molar-refractivity contribution in [3.05, 3.63) is 64.7 Å². The van der Waals surface area contributed by atoms with E-state index in [1.54, 1.807) is 25.1 Å². The van der Waals surface area contributed by atoms with E-state index < -0.39 is 11.5 Å². The van der Waals surface area contributed by atoms with Crippen LogP contribution >= 0.6 is 0 Å². The van der Waals surface area contributed by atoms with E-state index >= 15 is 0 Å². The van der Waals surface area contributed by atoms with E-state index in [0.29, 0.717) is 27.9 Å². The third-order valence-corrected chi connectivity index (χ3v) is 3.63. The second-order valence-electron chi connectivity index (χ2n) is 5.13. The second kappa shape index (κ2) is 5.23. The maximum absolute atomic E-state index is 12.7. The molecule has 9 heteroatoms. The molecule has 0 saturated carbocycles. The number of carbonyl (C=O) groups excluding carboxylic acids is 1. The molecule has 0 spiro atoms. The normalized spacial score (nSPS) is 11.0. The standard InChI is InChI=1S/C15H11N7O2/c1-9-6-12-11(7-17-15-18-8-19-22(12)15)14(24)21(9)20-13(23)10-2-4-16-5-3-10/h2-8H,1H3,(H,20,23). The molecule has 4 heterocycles. The second-order valence-corrected chi connectivity index (χ2v) is 5.13. The molecule has 4 aromatic heterocycles. The molecule has 4 aromatic rings. The predicted octanol–water partition coefficient (Wildman–Crippen LogP) is 0.527. The number of aryl methyl sites for hydroxylation is 1. The van der Waals surface area contributed by atoms with Crippen LogP contribution in [0.4, 0.5) is 0 Å². The fourth-order valence-electron chi connectivity index (χ4n) is 2.45. The number of aromatic nitrogens is 6. The topological polar surface area (TPSA) is 107 Å². The molecule has 4 rings (SSSR count). The molecule has 24 heavy (non-hydrogen) atoms. The summed E-state index contributed by atoms with van der Waals surface area (Å²) in [5.74, 6) is -0.00313. The SMILES string of the molecule is Cc1cc2c(cnc3ncnn32)c(=O)n1NC(=O)c1ccncc1. The van der Waals surface area contributed by atoms with Gasteiger partial charge in [-0.25, -0.2) is 9.66 Å². The minimum absolute atomic E-state index is 0.327. The number of fused-ring (bicyclic) bond motifs is 3. The molecule has 0 fully saturated rings. The van der Waals surface area contributed by atoms with Gasteiger partial charge in [0.1, 0.15) is 6.33 Å². The van der Waals surface area contributed by atoms with Crippen LogP contribution in [0.25, 0.3) is 16.7 Å². The van der Waals surface area contributed by atoms with Crippen LogP contribution in [0.5, 0.6) is 0 Å². The summed E-state index contributed by atoms with van der Waals surface area (Å²) in [4.78, 5) is 37.0. The average molecular weight is 321 g/mol. The zero-order valence-corrected chi connectivity index (χ0v) is 12.5. The smallest absolute Gasteiger partial charge is 0.267 e. The lowest BCUT2D eigenvalue weighted by Crippen LogP contribution is -2.35. The van der Waals surface area contributed by atoms with E-state index in [4.69, 9.17) is 0 Å². The number of amides is 1. The van der Waals surface area contributed by atoms with Crippen LogP contribution in [0.2, 0.25) is 0 Å². The van der Waals surface area contributed by atoms with Crippen molar-refractivity contribution >= 4 is 22.6 Å². The van der Waals surface area contributed by atoms with Crippen LogP contribution in [0.1, 0.15) is 16.1 Å². The summed E-state index contributed by atoms with van der Waals surface area (Å²) in [5.41, 5.74) is 3.74. The quantitative estimate of drug-likeness (QED) is 0.577. The number of nitrogens with one attached hydrogen (secondary N) is 1. The fraction of sp³-hybridized carbons (Fsp3) is 0.0667. The molecule has 0 atom stereocenters. The van der Waals surface area contributed by atoms with Gasteiger partial charge in [0.15, 0.2) is 0 Å². The van der Waals surface area contributed by atoms with Crippen molar-refractivity contribution in [3.63, 3.8) is 0 Å². The Morgan fingerprint density at radius 1 is 1.21 bits per heavy atom. The van der Waals surface area contributed by atoms with E-state index in [1.165, 1.54) is 34.1 Å². The molecular weight excluding hydrogens is 310 g/mol. The van der Waals surface area contributed by atoms with Gasteiger partial charge < -0.3 is 0 Å². The summed E-state index contributed by atoms with van der Waals surface area (Å²) in [7, 11) is 0. The van der Waals surface area contributed by atoms with Gasteiger partial charge in [-0.3, -0.25) is 20.0 Å². The predicted molar refractivity (Wildman–Crippen MR) is 85.2 cm³/mol. The molecule has 0 saturated heterocycles. The summed E-state index contributed by atoms with van der Waals surface area (Å²) in [6, 6.07) is 4.88. The third kappa shape index (κ3) is 2.10. The maximum Gasteiger partial charge on any atom is 0.280 e. The van der Waals surface area contributed by atoms with Crippen LogP contribution in [0, 0.1) is 6.92 Å². The summed E-state index contributed by atoms with van der Waals surface area (Å²) < 4.78 is 2.67. The summed E-state index contributed by atoms with van der Waals surface area (Å²) >= 11 is 0. The molecule has 0 unspecified atom stereocenters. The van der Waals surface area contributed by atoms with Crippen molar-refractivity contribution in [1.82, 2.24) is 29.2 Å². The van der Waals surface area contributed by atoms with Gasteiger partial charge in [0.05, 0.1) is 10.9 Å². The molecule has 1 amide bonds. The number of hydrogen-bond acceptors (Lipinski definition) is 6. The van der Waals surface area contributed by atoms with Gasteiger partial charge >= 0.3 is 0 Å². The average Bonchev–Trinajstić information content (AvgIpc) is 3.08. The summed E-state index contributed by atoms with van der Waals surface area (Å²) in [6.07, 6.45) is 5.82. The van der Waals surface area contributed by atoms with E-state index in [1.807, 2.05) is 0 Å². The van der Waals surface area contributed by atoms with Gasteiger partial charge in [-0.2, -0.15) is 14.6 Å². The Balaban J connectivity index is 1.86. The van der Waals surface area contributed by atoms with Crippen LogP contribution in [0.15, 0.2) is 47.9 Å². The molecule has 1 N–H and O–H groups in total. The Morgan fingerprint density at radius 2 is 2.00 bits per heavy atom. The first-order chi connectivity index (χ1) is 11.6. The molecule has 9 nitrogen and oxygen atoms in total. The first kappa shape index (κ1) is 14.0. The highest BCUT2D eigenvalue weighted by atomic mass is 16.2. The number of rotatable bonds is 2. The lowest BCUT2D eigenvalue weighted by Gasteiger charge is -2.13. The van der Waals surface area contributed by atoms with E-state index in [-0.39, 0.29) is 0 Å². The third-order valence-electron chi connectivity index (χ3n) is 3.63. The molecular formula is C15H11N7O2.